The van der Waals surface area contributed by atoms with Crippen LogP contribution in [-0.4, -0.2) is 11.0 Å². The van der Waals surface area contributed by atoms with E-state index in [-0.39, 0.29) is 22.6 Å². The SMILES string of the molecule is CC.CC(Nc1ccc(O)cc1C(N)=O)c1c(F)cc(F)cc1F. The van der Waals surface area contributed by atoms with E-state index >= 15 is 0 Å². The van der Waals surface area contributed by atoms with Crippen LogP contribution < -0.4 is 11.1 Å². The Morgan fingerprint density at radius 1 is 1.12 bits per heavy atom. The van der Waals surface area contributed by atoms with Crippen LogP contribution in [0.5, 0.6) is 5.75 Å². The van der Waals surface area contributed by atoms with Gasteiger partial charge in [-0.1, -0.05) is 13.8 Å². The molecule has 1 unspecified atom stereocenters. The zero-order valence-electron chi connectivity index (χ0n) is 13.5. The van der Waals surface area contributed by atoms with Crippen LogP contribution in [0.15, 0.2) is 30.3 Å². The fraction of sp³-hybridized carbons (Fsp3) is 0.235. The molecule has 1 atom stereocenters. The second kappa shape index (κ2) is 8.24. The number of nitrogens with two attached hydrogens (primary N) is 1. The smallest absolute Gasteiger partial charge is 0.250 e. The van der Waals surface area contributed by atoms with Crippen LogP contribution >= 0.6 is 0 Å². The number of amides is 1. The Balaban J connectivity index is 0.00000139. The Hall–Kier alpha value is -2.70. The van der Waals surface area contributed by atoms with Crippen LogP contribution in [0.4, 0.5) is 18.9 Å². The molecule has 2 aromatic rings. The van der Waals surface area contributed by atoms with E-state index in [1.54, 1.807) is 0 Å². The maximum Gasteiger partial charge on any atom is 0.250 e. The molecule has 2 rings (SSSR count). The molecule has 0 fully saturated rings. The summed E-state index contributed by atoms with van der Waals surface area (Å²) in [6.07, 6.45) is 0. The van der Waals surface area contributed by atoms with Gasteiger partial charge < -0.3 is 16.2 Å². The van der Waals surface area contributed by atoms with E-state index in [1.165, 1.54) is 19.1 Å². The van der Waals surface area contributed by atoms with Crippen LogP contribution in [0, 0.1) is 17.5 Å². The summed E-state index contributed by atoms with van der Waals surface area (Å²) in [7, 11) is 0. The Morgan fingerprint density at radius 3 is 2.17 bits per heavy atom. The molecule has 0 saturated carbocycles. The third-order valence-corrected chi connectivity index (χ3v) is 3.12. The summed E-state index contributed by atoms with van der Waals surface area (Å²) in [5, 5.41) is 12.1. The number of phenols is 1. The van der Waals surface area contributed by atoms with Gasteiger partial charge in [0.15, 0.2) is 0 Å². The van der Waals surface area contributed by atoms with Crippen molar-refractivity contribution >= 4 is 11.6 Å². The Kier molecular flexibility index (Phi) is 6.64. The first kappa shape index (κ1) is 19.3. The monoisotopic (exact) mass is 340 g/mol. The lowest BCUT2D eigenvalue weighted by Crippen LogP contribution is -2.17. The number of primary amides is 1. The molecule has 4 N–H and O–H groups in total. The summed E-state index contributed by atoms with van der Waals surface area (Å²) in [5.74, 6) is -4.10. The van der Waals surface area contributed by atoms with Gasteiger partial charge in [-0.15, -0.1) is 0 Å². The quantitative estimate of drug-likeness (QED) is 0.733. The highest BCUT2D eigenvalue weighted by atomic mass is 19.1. The number of anilines is 1. The normalized spacial score (nSPS) is 11.2. The average molecular weight is 340 g/mol. The maximum absolute atomic E-state index is 13.7. The van der Waals surface area contributed by atoms with Gasteiger partial charge in [0.1, 0.15) is 23.2 Å². The van der Waals surface area contributed by atoms with E-state index in [4.69, 9.17) is 5.73 Å². The topological polar surface area (TPSA) is 75.3 Å². The number of halogens is 3. The molecule has 7 heteroatoms. The third kappa shape index (κ3) is 4.41. The number of nitrogens with one attached hydrogen (secondary N) is 1. The molecule has 24 heavy (non-hydrogen) atoms. The number of carbonyl (C=O) groups excluding carboxylic acids is 1. The average Bonchev–Trinajstić information content (AvgIpc) is 2.49. The first-order valence-electron chi connectivity index (χ1n) is 7.33. The number of aromatic hydroxyl groups is 1. The maximum atomic E-state index is 13.7. The summed E-state index contributed by atoms with van der Waals surface area (Å²) < 4.78 is 40.4. The van der Waals surface area contributed by atoms with Crippen LogP contribution in [0.2, 0.25) is 0 Å². The number of carbonyl (C=O) groups is 1. The molecule has 130 valence electrons. The molecule has 0 aromatic heterocycles. The van der Waals surface area contributed by atoms with Crippen molar-refractivity contribution in [2.24, 2.45) is 5.73 Å². The zero-order valence-corrected chi connectivity index (χ0v) is 13.5. The van der Waals surface area contributed by atoms with Crippen LogP contribution in [0.25, 0.3) is 0 Å². The number of phenolic OH excluding ortho intramolecular Hbond substituents is 1. The van der Waals surface area contributed by atoms with E-state index in [0.717, 1.165) is 6.07 Å². The van der Waals surface area contributed by atoms with Gasteiger partial charge in [-0.05, 0) is 25.1 Å². The highest BCUT2D eigenvalue weighted by Gasteiger charge is 2.19. The highest BCUT2D eigenvalue weighted by Crippen LogP contribution is 2.28. The second-order valence-electron chi connectivity index (χ2n) is 4.74. The summed E-state index contributed by atoms with van der Waals surface area (Å²) >= 11 is 0. The Bertz CT molecular complexity index is 713. The van der Waals surface area contributed by atoms with Crippen molar-refractivity contribution < 1.29 is 23.1 Å². The molecule has 0 saturated heterocycles. The molecule has 2 aromatic carbocycles. The van der Waals surface area contributed by atoms with Gasteiger partial charge in [-0.2, -0.15) is 0 Å². The van der Waals surface area contributed by atoms with Gasteiger partial charge in [-0.3, -0.25) is 4.79 Å². The number of rotatable bonds is 4. The predicted molar refractivity (Wildman–Crippen MR) is 86.3 cm³/mol. The van der Waals surface area contributed by atoms with Gasteiger partial charge in [0.25, 0.3) is 5.91 Å². The summed E-state index contributed by atoms with van der Waals surface area (Å²) in [4.78, 5) is 11.3. The van der Waals surface area contributed by atoms with Crippen LogP contribution in [-0.2, 0) is 0 Å². The Morgan fingerprint density at radius 2 is 1.67 bits per heavy atom. The number of hydrogen-bond donors (Lipinski definition) is 3. The molecule has 0 aliphatic rings. The molecule has 0 aliphatic carbocycles. The molecular formula is C17H19F3N2O2. The molecule has 0 aliphatic heterocycles. The first-order chi connectivity index (χ1) is 11.3. The minimum atomic E-state index is -1.04. The minimum absolute atomic E-state index is 0.0326. The predicted octanol–water partition coefficient (Wildman–Crippen LogP) is 4.11. The fourth-order valence-electron chi connectivity index (χ4n) is 2.13. The lowest BCUT2D eigenvalue weighted by Gasteiger charge is -2.19. The van der Waals surface area contributed by atoms with Crippen molar-refractivity contribution in [3.05, 3.63) is 58.9 Å². The second-order valence-corrected chi connectivity index (χ2v) is 4.74. The standard InChI is InChI=1S/C15H13F3N2O2.C2H6/c1-7(14-11(17)4-8(16)5-12(14)18)20-13-3-2-9(21)6-10(13)15(19)22;1-2/h2-7,20-21H,1H3,(H2,19,22);1-2H3. The Labute approximate surface area is 138 Å². The van der Waals surface area contributed by atoms with E-state index in [0.29, 0.717) is 12.1 Å². The minimum Gasteiger partial charge on any atom is -0.508 e. The summed E-state index contributed by atoms with van der Waals surface area (Å²) in [6, 6.07) is 4.02. The van der Waals surface area contributed by atoms with Crippen molar-refractivity contribution in [1.29, 1.82) is 0 Å². The van der Waals surface area contributed by atoms with Gasteiger partial charge in [0, 0.05) is 23.4 Å². The zero-order chi connectivity index (χ0) is 18.4. The lowest BCUT2D eigenvalue weighted by atomic mass is 10.0. The van der Waals surface area contributed by atoms with Crippen molar-refractivity contribution in [1.82, 2.24) is 0 Å². The molecule has 1 amide bonds. The van der Waals surface area contributed by atoms with Gasteiger partial charge in [0.2, 0.25) is 0 Å². The molecule has 0 radical (unpaired) electrons. The number of benzene rings is 2. The summed E-state index contributed by atoms with van der Waals surface area (Å²) in [5.41, 5.74) is 4.98. The van der Waals surface area contributed by atoms with Gasteiger partial charge >= 0.3 is 0 Å². The van der Waals surface area contributed by atoms with Crippen molar-refractivity contribution in [2.75, 3.05) is 5.32 Å². The molecule has 0 bridgehead atoms. The van der Waals surface area contributed by atoms with E-state index in [2.05, 4.69) is 5.32 Å². The molecule has 0 heterocycles. The highest BCUT2D eigenvalue weighted by molar-refractivity contribution is 5.99. The molecular weight excluding hydrogens is 321 g/mol. The van der Waals surface area contributed by atoms with E-state index in [1.807, 2.05) is 13.8 Å². The van der Waals surface area contributed by atoms with Crippen LogP contribution in [0.3, 0.4) is 0 Å². The van der Waals surface area contributed by atoms with Gasteiger partial charge in [-0.25, -0.2) is 13.2 Å². The largest absolute Gasteiger partial charge is 0.508 e. The summed E-state index contributed by atoms with van der Waals surface area (Å²) in [6.45, 7) is 5.44. The first-order valence-corrected chi connectivity index (χ1v) is 7.33. The van der Waals surface area contributed by atoms with Crippen molar-refractivity contribution in [3.63, 3.8) is 0 Å². The number of hydrogen-bond acceptors (Lipinski definition) is 3. The molecule has 4 nitrogen and oxygen atoms in total. The lowest BCUT2D eigenvalue weighted by molar-refractivity contribution is 0.100. The fourth-order valence-corrected chi connectivity index (χ4v) is 2.13. The van der Waals surface area contributed by atoms with E-state index in [9.17, 15) is 23.1 Å². The van der Waals surface area contributed by atoms with Crippen molar-refractivity contribution in [2.45, 2.75) is 26.8 Å². The molecule has 0 spiro atoms. The third-order valence-electron chi connectivity index (χ3n) is 3.12. The van der Waals surface area contributed by atoms with Gasteiger partial charge in [0.05, 0.1) is 11.6 Å². The van der Waals surface area contributed by atoms with Crippen LogP contribution in [0.1, 0.15) is 42.7 Å². The van der Waals surface area contributed by atoms with Crippen molar-refractivity contribution in [3.8, 4) is 5.75 Å². The van der Waals surface area contributed by atoms with E-state index < -0.39 is 29.4 Å².